The van der Waals surface area contributed by atoms with Crippen LogP contribution in [0.3, 0.4) is 0 Å². The van der Waals surface area contributed by atoms with E-state index in [9.17, 15) is 19.5 Å². The van der Waals surface area contributed by atoms with E-state index in [0.29, 0.717) is 9.93 Å². The summed E-state index contributed by atoms with van der Waals surface area (Å²) in [5.74, 6) is -2.72. The summed E-state index contributed by atoms with van der Waals surface area (Å²) >= 11 is 12.2. The maximum absolute atomic E-state index is 12.6. The molecule has 0 radical (unpaired) electrons. The third-order valence-corrected chi connectivity index (χ3v) is 5.45. The summed E-state index contributed by atoms with van der Waals surface area (Å²) in [4.78, 5) is 37.5. The molecule has 0 bridgehead atoms. The summed E-state index contributed by atoms with van der Waals surface area (Å²) < 4.78 is 0.232. The van der Waals surface area contributed by atoms with Gasteiger partial charge in [-0.25, -0.2) is 4.79 Å². The molecule has 1 fully saturated rings. The number of hydrogen-bond acceptors (Lipinski definition) is 6. The minimum absolute atomic E-state index is 0.171. The Hall–Kier alpha value is -2.88. The topological polar surface area (TPSA) is 107 Å². The van der Waals surface area contributed by atoms with Crippen LogP contribution in [-0.4, -0.2) is 43.8 Å². The van der Waals surface area contributed by atoms with Crippen LogP contribution in [0.4, 0.5) is 5.69 Å². The lowest BCUT2D eigenvalue weighted by Crippen LogP contribution is -2.36. The van der Waals surface area contributed by atoms with Crippen LogP contribution in [0.15, 0.2) is 47.4 Å². The summed E-state index contributed by atoms with van der Waals surface area (Å²) in [7, 11) is 0. The standard InChI is InChI=1S/C19H13ClN2O5S2/c20-11-3-1-2-10(6-11)7-15-17(25)22(19(28)29-15)9-16(24)21-12-4-5-14(23)13(8-12)18(26)27/h1-8,23H,9H2,(H,21,24)(H,26,27)/b15-7-. The lowest BCUT2D eigenvalue weighted by molar-refractivity contribution is -0.126. The number of rotatable bonds is 5. The molecule has 2 aromatic carbocycles. The number of phenols is 1. The van der Waals surface area contributed by atoms with Crippen LogP contribution in [0.1, 0.15) is 15.9 Å². The first kappa shape index (κ1) is 20.8. The number of hydrogen-bond donors (Lipinski definition) is 3. The highest BCUT2D eigenvalue weighted by molar-refractivity contribution is 8.26. The van der Waals surface area contributed by atoms with Gasteiger partial charge >= 0.3 is 5.97 Å². The van der Waals surface area contributed by atoms with E-state index in [1.807, 2.05) is 0 Å². The zero-order valence-electron chi connectivity index (χ0n) is 14.6. The first-order valence-corrected chi connectivity index (χ1v) is 9.72. The molecule has 7 nitrogen and oxygen atoms in total. The predicted molar refractivity (Wildman–Crippen MR) is 115 cm³/mol. The number of nitrogens with zero attached hydrogens (tertiary/aromatic N) is 1. The molecule has 0 spiro atoms. The average molecular weight is 449 g/mol. The lowest BCUT2D eigenvalue weighted by Gasteiger charge is -2.14. The molecule has 29 heavy (non-hydrogen) atoms. The van der Waals surface area contributed by atoms with Gasteiger partial charge in [0.2, 0.25) is 5.91 Å². The van der Waals surface area contributed by atoms with Crippen molar-refractivity contribution in [1.82, 2.24) is 4.90 Å². The third-order valence-electron chi connectivity index (χ3n) is 3.83. The first-order chi connectivity index (χ1) is 13.7. The first-order valence-electron chi connectivity index (χ1n) is 8.11. The van der Waals surface area contributed by atoms with Crippen molar-refractivity contribution < 1.29 is 24.6 Å². The number of nitrogens with one attached hydrogen (secondary N) is 1. The molecule has 1 aliphatic rings. The predicted octanol–water partition coefficient (Wildman–Crippen LogP) is 3.58. The Kier molecular flexibility index (Phi) is 6.21. The fourth-order valence-electron chi connectivity index (χ4n) is 2.51. The monoisotopic (exact) mass is 448 g/mol. The number of carbonyl (C=O) groups is 3. The van der Waals surface area contributed by atoms with Gasteiger partial charge in [-0.05, 0) is 42.0 Å². The van der Waals surface area contributed by atoms with E-state index >= 15 is 0 Å². The number of carbonyl (C=O) groups excluding carboxylic acids is 2. The van der Waals surface area contributed by atoms with Crippen LogP contribution in [0.5, 0.6) is 5.75 Å². The normalized spacial score (nSPS) is 15.1. The number of amides is 2. The van der Waals surface area contributed by atoms with Gasteiger partial charge in [-0.15, -0.1) is 0 Å². The van der Waals surface area contributed by atoms with Crippen molar-refractivity contribution in [2.75, 3.05) is 11.9 Å². The quantitative estimate of drug-likeness (QED) is 0.364. The molecule has 0 unspecified atom stereocenters. The summed E-state index contributed by atoms with van der Waals surface area (Å²) in [5, 5.41) is 21.6. The van der Waals surface area contributed by atoms with Gasteiger partial charge in [0.15, 0.2) is 0 Å². The zero-order valence-corrected chi connectivity index (χ0v) is 17.0. The van der Waals surface area contributed by atoms with Gasteiger partial charge in [0.25, 0.3) is 5.91 Å². The van der Waals surface area contributed by atoms with Gasteiger partial charge < -0.3 is 15.5 Å². The Morgan fingerprint density at radius 1 is 1.24 bits per heavy atom. The molecule has 3 rings (SSSR count). The molecule has 10 heteroatoms. The fraction of sp³-hybridized carbons (Fsp3) is 0.0526. The Balaban J connectivity index is 1.71. The van der Waals surface area contributed by atoms with E-state index in [0.717, 1.165) is 34.4 Å². The number of carboxylic acid groups (broad SMARTS) is 1. The maximum atomic E-state index is 12.6. The molecule has 0 saturated carbocycles. The minimum atomic E-state index is -1.33. The largest absolute Gasteiger partial charge is 0.507 e. The molecule has 1 saturated heterocycles. The van der Waals surface area contributed by atoms with Crippen molar-refractivity contribution in [3.8, 4) is 5.75 Å². The minimum Gasteiger partial charge on any atom is -0.507 e. The van der Waals surface area contributed by atoms with E-state index < -0.39 is 23.5 Å². The number of thiocarbonyl (C=S) groups is 1. The summed E-state index contributed by atoms with van der Waals surface area (Å²) in [6.45, 7) is -0.333. The van der Waals surface area contributed by atoms with Gasteiger partial charge in [-0.2, -0.15) is 0 Å². The SMILES string of the molecule is O=C(CN1C(=O)/C(=C/c2cccc(Cl)c2)SC1=S)Nc1ccc(O)c(C(=O)O)c1. The second-order valence-corrected chi connectivity index (χ2v) is 8.02. The molecule has 1 aliphatic heterocycles. The lowest BCUT2D eigenvalue weighted by atomic mass is 10.2. The molecule has 0 atom stereocenters. The van der Waals surface area contributed by atoms with Gasteiger partial charge in [-0.3, -0.25) is 14.5 Å². The summed E-state index contributed by atoms with van der Waals surface area (Å²) in [5.41, 5.74) is 0.552. The fourth-order valence-corrected chi connectivity index (χ4v) is 3.97. The van der Waals surface area contributed by atoms with Crippen molar-refractivity contribution in [3.05, 3.63) is 63.5 Å². The molecule has 0 aromatic heterocycles. The summed E-state index contributed by atoms with van der Waals surface area (Å²) in [6.07, 6.45) is 1.64. The number of benzene rings is 2. The Labute approximate surface area is 180 Å². The van der Waals surface area contributed by atoms with Crippen molar-refractivity contribution in [2.24, 2.45) is 0 Å². The van der Waals surface area contributed by atoms with Crippen LogP contribution < -0.4 is 5.32 Å². The van der Waals surface area contributed by atoms with E-state index in [1.165, 1.54) is 6.07 Å². The van der Waals surface area contributed by atoms with Crippen LogP contribution in [-0.2, 0) is 9.59 Å². The number of halogens is 1. The highest BCUT2D eigenvalue weighted by Gasteiger charge is 2.33. The molecular weight excluding hydrogens is 436 g/mol. The van der Waals surface area contributed by atoms with Crippen LogP contribution >= 0.6 is 35.6 Å². The van der Waals surface area contributed by atoms with Crippen molar-refractivity contribution in [1.29, 1.82) is 0 Å². The smallest absolute Gasteiger partial charge is 0.339 e. The Morgan fingerprint density at radius 2 is 2.00 bits per heavy atom. The number of aromatic carboxylic acids is 1. The molecule has 1 heterocycles. The maximum Gasteiger partial charge on any atom is 0.339 e. The van der Waals surface area contributed by atoms with E-state index in [-0.39, 0.29) is 22.1 Å². The average Bonchev–Trinajstić information content (AvgIpc) is 2.90. The van der Waals surface area contributed by atoms with E-state index in [2.05, 4.69) is 5.32 Å². The van der Waals surface area contributed by atoms with Crippen LogP contribution in [0, 0.1) is 0 Å². The second kappa shape index (κ2) is 8.64. The number of carboxylic acids is 1. The highest BCUT2D eigenvalue weighted by Crippen LogP contribution is 2.32. The molecular formula is C19H13ClN2O5S2. The third kappa shape index (κ3) is 4.94. The zero-order chi connectivity index (χ0) is 21.1. The van der Waals surface area contributed by atoms with Gasteiger partial charge in [0.05, 0.1) is 4.91 Å². The summed E-state index contributed by atoms with van der Waals surface area (Å²) in [6, 6.07) is 10.6. The second-order valence-electron chi connectivity index (χ2n) is 5.91. The molecule has 2 amide bonds. The number of thioether (sulfide) groups is 1. The Morgan fingerprint density at radius 3 is 2.69 bits per heavy atom. The van der Waals surface area contributed by atoms with Gasteiger partial charge in [-0.1, -0.05) is 47.7 Å². The highest BCUT2D eigenvalue weighted by atomic mass is 35.5. The number of anilines is 1. The van der Waals surface area contributed by atoms with E-state index in [1.54, 1.807) is 30.3 Å². The van der Waals surface area contributed by atoms with E-state index in [4.69, 9.17) is 28.9 Å². The molecule has 2 aromatic rings. The van der Waals surface area contributed by atoms with Crippen molar-refractivity contribution in [2.45, 2.75) is 0 Å². The van der Waals surface area contributed by atoms with Crippen molar-refractivity contribution in [3.63, 3.8) is 0 Å². The molecule has 3 N–H and O–H groups in total. The molecule has 0 aliphatic carbocycles. The van der Waals surface area contributed by atoms with Gasteiger partial charge in [0.1, 0.15) is 22.2 Å². The van der Waals surface area contributed by atoms with Crippen molar-refractivity contribution >= 4 is 69.4 Å². The Bertz CT molecular complexity index is 1070. The molecule has 148 valence electrons. The number of aromatic hydroxyl groups is 1. The van der Waals surface area contributed by atoms with Crippen LogP contribution in [0.25, 0.3) is 6.08 Å². The van der Waals surface area contributed by atoms with Crippen LogP contribution in [0.2, 0.25) is 5.02 Å². The van der Waals surface area contributed by atoms with Gasteiger partial charge in [0, 0.05) is 10.7 Å².